The second-order valence-corrected chi connectivity index (χ2v) is 5.27. The third-order valence-electron chi connectivity index (χ3n) is 3.34. The van der Waals surface area contributed by atoms with Crippen molar-refractivity contribution in [3.05, 3.63) is 35.9 Å². The van der Waals surface area contributed by atoms with E-state index in [1.807, 2.05) is 32.3 Å². The Balaban J connectivity index is 2.00. The van der Waals surface area contributed by atoms with Crippen molar-refractivity contribution in [2.75, 3.05) is 27.2 Å². The molecule has 0 saturated carbocycles. The van der Waals surface area contributed by atoms with Crippen molar-refractivity contribution in [3.63, 3.8) is 0 Å². The molecule has 1 fully saturated rings. The Morgan fingerprint density at radius 3 is 2.75 bits per heavy atom. The van der Waals surface area contributed by atoms with Gasteiger partial charge in [-0.05, 0) is 32.6 Å². The van der Waals surface area contributed by atoms with E-state index < -0.39 is 0 Å². The number of hydrogen-bond acceptors (Lipinski definition) is 5. The topological polar surface area (TPSA) is 68.4 Å². The molecule has 2 rings (SSSR count). The van der Waals surface area contributed by atoms with Crippen molar-refractivity contribution < 1.29 is 4.79 Å². The molecule has 0 bridgehead atoms. The van der Waals surface area contributed by atoms with E-state index in [1.165, 1.54) is 0 Å². The Kier molecular flexibility index (Phi) is 5.49. The van der Waals surface area contributed by atoms with Gasteiger partial charge in [0.2, 0.25) is 5.91 Å². The zero-order chi connectivity index (χ0) is 14.4. The predicted molar refractivity (Wildman–Crippen MR) is 78.6 cm³/mol. The number of rotatable bonds is 6. The maximum absolute atomic E-state index is 12.2. The van der Waals surface area contributed by atoms with E-state index >= 15 is 0 Å². The first-order chi connectivity index (χ1) is 9.66. The molecular weight excluding hydrogens is 254 g/mol. The quantitative estimate of drug-likeness (QED) is 0.579. The Bertz CT molecular complexity index is 417. The van der Waals surface area contributed by atoms with E-state index in [0.29, 0.717) is 6.54 Å². The SMILES string of the molecule is CN(C)CCC(NC(=O)C1CNNN1)c1ccccc1. The largest absolute Gasteiger partial charge is 0.348 e. The van der Waals surface area contributed by atoms with Crippen molar-refractivity contribution >= 4 is 5.91 Å². The Labute approximate surface area is 119 Å². The molecule has 0 spiro atoms. The molecule has 1 aromatic rings. The molecule has 1 aliphatic rings. The van der Waals surface area contributed by atoms with Gasteiger partial charge < -0.3 is 10.2 Å². The van der Waals surface area contributed by atoms with Gasteiger partial charge in [-0.2, -0.15) is 5.53 Å². The first kappa shape index (κ1) is 14.9. The van der Waals surface area contributed by atoms with E-state index in [4.69, 9.17) is 0 Å². The van der Waals surface area contributed by atoms with Crippen molar-refractivity contribution in [2.24, 2.45) is 0 Å². The van der Waals surface area contributed by atoms with Gasteiger partial charge >= 0.3 is 0 Å². The lowest BCUT2D eigenvalue weighted by Gasteiger charge is -2.22. The summed E-state index contributed by atoms with van der Waals surface area (Å²) in [5, 5.41) is 3.12. The van der Waals surface area contributed by atoms with Crippen LogP contribution < -0.4 is 21.7 Å². The molecule has 6 nitrogen and oxygen atoms in total. The summed E-state index contributed by atoms with van der Waals surface area (Å²) in [7, 11) is 4.08. The molecule has 1 aromatic carbocycles. The van der Waals surface area contributed by atoms with Crippen molar-refractivity contribution in [2.45, 2.75) is 18.5 Å². The number of amides is 1. The van der Waals surface area contributed by atoms with Crippen LogP contribution in [0, 0.1) is 0 Å². The molecule has 1 heterocycles. The second kappa shape index (κ2) is 7.35. The summed E-state index contributed by atoms with van der Waals surface area (Å²) in [4.78, 5) is 14.3. The van der Waals surface area contributed by atoms with Gasteiger partial charge in [-0.1, -0.05) is 30.3 Å². The van der Waals surface area contributed by atoms with Gasteiger partial charge in [-0.25, -0.2) is 10.9 Å². The van der Waals surface area contributed by atoms with E-state index in [1.54, 1.807) is 0 Å². The molecule has 0 aliphatic carbocycles. The summed E-state index contributed by atoms with van der Waals surface area (Å²) in [5.41, 5.74) is 9.67. The fourth-order valence-electron chi connectivity index (χ4n) is 2.17. The van der Waals surface area contributed by atoms with E-state index in [2.05, 4.69) is 38.7 Å². The van der Waals surface area contributed by atoms with Crippen LogP contribution in [0.4, 0.5) is 0 Å². The minimum Gasteiger partial charge on any atom is -0.348 e. The third-order valence-corrected chi connectivity index (χ3v) is 3.34. The van der Waals surface area contributed by atoms with Gasteiger partial charge in [0, 0.05) is 6.54 Å². The number of nitrogens with zero attached hydrogens (tertiary/aromatic N) is 1. The van der Waals surface area contributed by atoms with Crippen molar-refractivity contribution in [1.82, 2.24) is 26.6 Å². The van der Waals surface area contributed by atoms with Crippen LogP contribution >= 0.6 is 0 Å². The number of benzene rings is 1. The highest BCUT2D eigenvalue weighted by molar-refractivity contribution is 5.82. The van der Waals surface area contributed by atoms with Crippen molar-refractivity contribution in [1.29, 1.82) is 0 Å². The number of carbonyl (C=O) groups is 1. The summed E-state index contributed by atoms with van der Waals surface area (Å²) < 4.78 is 0. The van der Waals surface area contributed by atoms with Crippen LogP contribution in [0.3, 0.4) is 0 Å². The highest BCUT2D eigenvalue weighted by atomic mass is 16.2. The smallest absolute Gasteiger partial charge is 0.240 e. The molecular formula is C14H23N5O. The van der Waals surface area contributed by atoms with Gasteiger partial charge in [-0.15, -0.1) is 0 Å². The van der Waals surface area contributed by atoms with Gasteiger partial charge in [0.15, 0.2) is 0 Å². The lowest BCUT2D eigenvalue weighted by Crippen LogP contribution is -2.45. The van der Waals surface area contributed by atoms with Gasteiger partial charge in [0.05, 0.1) is 6.04 Å². The molecule has 0 radical (unpaired) electrons. The highest BCUT2D eigenvalue weighted by Crippen LogP contribution is 2.16. The van der Waals surface area contributed by atoms with Crippen LogP contribution in [-0.2, 0) is 4.79 Å². The van der Waals surface area contributed by atoms with E-state index in [-0.39, 0.29) is 18.0 Å². The van der Waals surface area contributed by atoms with Crippen LogP contribution in [0.5, 0.6) is 0 Å². The summed E-state index contributed by atoms with van der Waals surface area (Å²) in [6, 6.07) is 9.90. The Hall–Kier alpha value is -1.47. The van der Waals surface area contributed by atoms with Crippen LogP contribution in [0.25, 0.3) is 0 Å². The lowest BCUT2D eigenvalue weighted by molar-refractivity contribution is -0.123. The van der Waals surface area contributed by atoms with Gasteiger partial charge in [-0.3, -0.25) is 4.79 Å². The Morgan fingerprint density at radius 2 is 2.15 bits per heavy atom. The first-order valence-corrected chi connectivity index (χ1v) is 6.90. The normalized spacial score (nSPS) is 20.1. The molecule has 6 heteroatoms. The zero-order valence-electron chi connectivity index (χ0n) is 12.0. The maximum atomic E-state index is 12.2. The molecule has 1 amide bonds. The number of nitrogens with one attached hydrogen (secondary N) is 4. The molecule has 1 aliphatic heterocycles. The summed E-state index contributed by atoms with van der Waals surface area (Å²) in [6.45, 7) is 1.51. The molecule has 0 aromatic heterocycles. The fraction of sp³-hybridized carbons (Fsp3) is 0.500. The third kappa shape index (κ3) is 4.28. The van der Waals surface area contributed by atoms with Crippen LogP contribution in [0.2, 0.25) is 0 Å². The average Bonchev–Trinajstić information content (AvgIpc) is 2.98. The van der Waals surface area contributed by atoms with Gasteiger partial charge in [0.25, 0.3) is 0 Å². The molecule has 2 atom stereocenters. The number of hydrogen-bond donors (Lipinski definition) is 4. The lowest BCUT2D eigenvalue weighted by atomic mass is 10.0. The maximum Gasteiger partial charge on any atom is 0.240 e. The van der Waals surface area contributed by atoms with Crippen LogP contribution in [0.1, 0.15) is 18.0 Å². The van der Waals surface area contributed by atoms with E-state index in [0.717, 1.165) is 18.5 Å². The van der Waals surface area contributed by atoms with E-state index in [9.17, 15) is 4.79 Å². The zero-order valence-corrected chi connectivity index (χ0v) is 12.0. The minimum absolute atomic E-state index is 0.00936. The molecule has 2 unspecified atom stereocenters. The standard InChI is InChI=1S/C14H23N5O/c1-19(2)9-8-12(11-6-4-3-5-7-11)16-14(20)13-10-15-18-17-13/h3-7,12-13,15,17-18H,8-10H2,1-2H3,(H,16,20). The molecule has 4 N–H and O–H groups in total. The number of hydrazine groups is 2. The minimum atomic E-state index is -0.236. The highest BCUT2D eigenvalue weighted by Gasteiger charge is 2.24. The molecule has 110 valence electrons. The fourth-order valence-corrected chi connectivity index (χ4v) is 2.17. The molecule has 1 saturated heterocycles. The van der Waals surface area contributed by atoms with Crippen LogP contribution in [0.15, 0.2) is 30.3 Å². The van der Waals surface area contributed by atoms with Crippen LogP contribution in [-0.4, -0.2) is 44.0 Å². The second-order valence-electron chi connectivity index (χ2n) is 5.27. The Morgan fingerprint density at radius 1 is 1.40 bits per heavy atom. The predicted octanol–water partition coefficient (Wildman–Crippen LogP) is -0.223. The number of carbonyl (C=O) groups excluding carboxylic acids is 1. The summed E-state index contributed by atoms with van der Waals surface area (Å²) in [6.07, 6.45) is 0.885. The summed E-state index contributed by atoms with van der Waals surface area (Å²) in [5.74, 6) is 0.00936. The summed E-state index contributed by atoms with van der Waals surface area (Å²) >= 11 is 0. The average molecular weight is 277 g/mol. The van der Waals surface area contributed by atoms with Crippen molar-refractivity contribution in [3.8, 4) is 0 Å². The molecule has 20 heavy (non-hydrogen) atoms. The first-order valence-electron chi connectivity index (χ1n) is 6.90. The monoisotopic (exact) mass is 277 g/mol. The van der Waals surface area contributed by atoms with Gasteiger partial charge in [0.1, 0.15) is 6.04 Å².